The Kier molecular flexibility index (Phi) is 4.97. The first-order valence-corrected chi connectivity index (χ1v) is 9.13. The van der Waals surface area contributed by atoms with Gasteiger partial charge in [-0.3, -0.25) is 4.79 Å². The molecule has 1 unspecified atom stereocenters. The van der Waals surface area contributed by atoms with E-state index in [0.717, 1.165) is 31.6 Å². The van der Waals surface area contributed by atoms with Gasteiger partial charge in [-0.25, -0.2) is 0 Å². The van der Waals surface area contributed by atoms with Crippen molar-refractivity contribution < 1.29 is 9.32 Å². The summed E-state index contributed by atoms with van der Waals surface area (Å²) < 4.78 is 7.45. The summed E-state index contributed by atoms with van der Waals surface area (Å²) in [5.74, 6) is 2.20. The molecule has 0 bridgehead atoms. The second kappa shape index (κ2) is 7.02. The van der Waals surface area contributed by atoms with E-state index in [-0.39, 0.29) is 11.8 Å². The number of likely N-dealkylation sites (tertiary alicyclic amines) is 1. The molecule has 6 heteroatoms. The Morgan fingerprint density at radius 3 is 2.76 bits per heavy atom. The Morgan fingerprint density at radius 2 is 2.08 bits per heavy atom. The lowest BCUT2D eigenvalue weighted by atomic mass is 9.95. The van der Waals surface area contributed by atoms with Crippen molar-refractivity contribution in [1.29, 1.82) is 0 Å². The fourth-order valence-electron chi connectivity index (χ4n) is 3.45. The van der Waals surface area contributed by atoms with Crippen LogP contribution in [0.3, 0.4) is 0 Å². The molecule has 3 heterocycles. The summed E-state index contributed by atoms with van der Waals surface area (Å²) >= 11 is 0. The monoisotopic (exact) mass is 344 g/mol. The van der Waals surface area contributed by atoms with E-state index in [1.807, 2.05) is 47.8 Å². The van der Waals surface area contributed by atoms with Gasteiger partial charge in [-0.2, -0.15) is 4.98 Å². The molecular formula is C19H28N4O2. The van der Waals surface area contributed by atoms with Gasteiger partial charge in [0.15, 0.2) is 5.82 Å². The zero-order valence-electron chi connectivity index (χ0n) is 15.6. The Balaban J connectivity index is 1.70. The Labute approximate surface area is 149 Å². The predicted octanol–water partition coefficient (Wildman–Crippen LogP) is 3.21. The first-order chi connectivity index (χ1) is 11.9. The molecule has 1 atom stereocenters. The largest absolute Gasteiger partial charge is 0.340 e. The number of amides is 1. The van der Waals surface area contributed by atoms with Gasteiger partial charge < -0.3 is 14.0 Å². The lowest BCUT2D eigenvalue weighted by Gasteiger charge is -2.37. The molecule has 2 aromatic rings. The van der Waals surface area contributed by atoms with Crippen molar-refractivity contribution >= 4 is 5.91 Å². The summed E-state index contributed by atoms with van der Waals surface area (Å²) in [5, 5.41) is 4.10. The molecule has 1 fully saturated rings. The van der Waals surface area contributed by atoms with E-state index in [0.29, 0.717) is 18.4 Å². The van der Waals surface area contributed by atoms with Gasteiger partial charge in [-0.15, -0.1) is 0 Å². The fourth-order valence-corrected chi connectivity index (χ4v) is 3.45. The first kappa shape index (κ1) is 17.7. The Hall–Kier alpha value is -2.11. The molecular weight excluding hydrogens is 316 g/mol. The molecule has 6 nitrogen and oxygen atoms in total. The lowest BCUT2D eigenvalue weighted by Crippen LogP contribution is -2.49. The second-order valence-corrected chi connectivity index (χ2v) is 7.89. The van der Waals surface area contributed by atoms with E-state index in [9.17, 15) is 4.79 Å². The Bertz CT molecular complexity index is 703. The van der Waals surface area contributed by atoms with Gasteiger partial charge in [0, 0.05) is 31.9 Å². The van der Waals surface area contributed by atoms with E-state index in [1.54, 1.807) is 0 Å². The maximum Gasteiger partial charge on any atom is 0.248 e. The van der Waals surface area contributed by atoms with Crippen LogP contribution in [0.1, 0.15) is 58.2 Å². The predicted molar refractivity (Wildman–Crippen MR) is 95.1 cm³/mol. The van der Waals surface area contributed by atoms with Crippen LogP contribution >= 0.6 is 0 Å². The number of carbonyl (C=O) groups is 1. The van der Waals surface area contributed by atoms with Gasteiger partial charge in [0.1, 0.15) is 5.54 Å². The van der Waals surface area contributed by atoms with Crippen molar-refractivity contribution in [3.05, 3.63) is 36.2 Å². The standard InChI is InChI=1S/C19H28N4O2/c1-14(2)12-16-20-17(25-21-16)15-8-7-9-22(13-15)18(24)19(3,4)23-10-5-6-11-23/h5-6,10-11,14-15H,7-9,12-13H2,1-4H3. The minimum Gasteiger partial charge on any atom is -0.340 e. The zero-order valence-corrected chi connectivity index (χ0v) is 15.6. The van der Waals surface area contributed by atoms with Crippen molar-refractivity contribution in [3.8, 4) is 0 Å². The van der Waals surface area contributed by atoms with Crippen molar-refractivity contribution in [2.75, 3.05) is 13.1 Å². The second-order valence-electron chi connectivity index (χ2n) is 7.89. The summed E-state index contributed by atoms with van der Waals surface area (Å²) in [6.45, 7) is 9.64. The smallest absolute Gasteiger partial charge is 0.248 e. The van der Waals surface area contributed by atoms with E-state index in [2.05, 4.69) is 24.0 Å². The topological polar surface area (TPSA) is 64.2 Å². The van der Waals surface area contributed by atoms with Crippen LogP contribution in [0.2, 0.25) is 0 Å². The molecule has 1 aliphatic heterocycles. The summed E-state index contributed by atoms with van der Waals surface area (Å²) in [4.78, 5) is 19.6. The van der Waals surface area contributed by atoms with Gasteiger partial charge in [0.2, 0.25) is 11.8 Å². The highest BCUT2D eigenvalue weighted by Gasteiger charge is 2.36. The van der Waals surface area contributed by atoms with Gasteiger partial charge in [-0.05, 0) is 44.7 Å². The SMILES string of the molecule is CC(C)Cc1noc(C2CCCN(C(=O)C(C)(C)n3cccc3)C2)n1. The quantitative estimate of drug-likeness (QED) is 0.835. The number of aromatic nitrogens is 3. The van der Waals surface area contributed by atoms with Crippen LogP contribution in [-0.4, -0.2) is 38.6 Å². The molecule has 0 N–H and O–H groups in total. The van der Waals surface area contributed by atoms with Crippen LogP contribution in [0.15, 0.2) is 29.0 Å². The van der Waals surface area contributed by atoms with Crippen LogP contribution in [0.4, 0.5) is 0 Å². The zero-order chi connectivity index (χ0) is 18.0. The lowest BCUT2D eigenvalue weighted by molar-refractivity contribution is -0.140. The number of hydrogen-bond acceptors (Lipinski definition) is 4. The van der Waals surface area contributed by atoms with E-state index < -0.39 is 5.54 Å². The summed E-state index contributed by atoms with van der Waals surface area (Å²) in [6, 6.07) is 3.89. The van der Waals surface area contributed by atoms with E-state index in [1.165, 1.54) is 0 Å². The number of piperidine rings is 1. The minimum absolute atomic E-state index is 0.131. The molecule has 136 valence electrons. The molecule has 0 aromatic carbocycles. The van der Waals surface area contributed by atoms with Crippen LogP contribution in [0.5, 0.6) is 0 Å². The highest BCUT2D eigenvalue weighted by atomic mass is 16.5. The van der Waals surface area contributed by atoms with E-state index >= 15 is 0 Å². The van der Waals surface area contributed by atoms with Crippen LogP contribution < -0.4 is 0 Å². The number of nitrogens with zero attached hydrogens (tertiary/aromatic N) is 4. The average Bonchev–Trinajstić information content (AvgIpc) is 3.25. The van der Waals surface area contributed by atoms with Gasteiger partial charge >= 0.3 is 0 Å². The minimum atomic E-state index is -0.594. The maximum atomic E-state index is 13.1. The molecule has 3 rings (SSSR count). The van der Waals surface area contributed by atoms with Crippen LogP contribution in [-0.2, 0) is 16.8 Å². The molecule has 1 saturated heterocycles. The van der Waals surface area contributed by atoms with Crippen LogP contribution in [0, 0.1) is 5.92 Å². The molecule has 0 spiro atoms. The molecule has 0 radical (unpaired) electrons. The number of rotatable bonds is 5. The van der Waals surface area contributed by atoms with Gasteiger partial charge in [0.05, 0.1) is 5.92 Å². The van der Waals surface area contributed by atoms with E-state index in [4.69, 9.17) is 4.52 Å². The van der Waals surface area contributed by atoms with Crippen molar-refractivity contribution in [3.63, 3.8) is 0 Å². The third kappa shape index (κ3) is 3.78. The third-order valence-corrected chi connectivity index (χ3v) is 4.91. The molecule has 0 aliphatic carbocycles. The molecule has 25 heavy (non-hydrogen) atoms. The van der Waals surface area contributed by atoms with Crippen LogP contribution in [0.25, 0.3) is 0 Å². The van der Waals surface area contributed by atoms with Gasteiger partial charge in [0.25, 0.3) is 0 Å². The number of carbonyl (C=O) groups excluding carboxylic acids is 1. The number of hydrogen-bond donors (Lipinski definition) is 0. The average molecular weight is 344 g/mol. The highest BCUT2D eigenvalue weighted by Crippen LogP contribution is 2.29. The summed E-state index contributed by atoms with van der Waals surface area (Å²) in [6.07, 6.45) is 6.64. The normalized spacial score (nSPS) is 18.8. The maximum absolute atomic E-state index is 13.1. The van der Waals surface area contributed by atoms with Crippen molar-refractivity contribution in [1.82, 2.24) is 19.6 Å². The van der Waals surface area contributed by atoms with Crippen molar-refractivity contribution in [2.45, 2.75) is 58.4 Å². The molecule has 1 amide bonds. The fraction of sp³-hybridized carbons (Fsp3) is 0.632. The Morgan fingerprint density at radius 1 is 1.36 bits per heavy atom. The first-order valence-electron chi connectivity index (χ1n) is 9.13. The highest BCUT2D eigenvalue weighted by molar-refractivity contribution is 5.84. The van der Waals surface area contributed by atoms with Crippen molar-refractivity contribution in [2.24, 2.45) is 5.92 Å². The summed E-state index contributed by atoms with van der Waals surface area (Å²) in [5.41, 5.74) is -0.594. The molecule has 2 aromatic heterocycles. The third-order valence-electron chi connectivity index (χ3n) is 4.91. The molecule has 1 aliphatic rings. The summed E-state index contributed by atoms with van der Waals surface area (Å²) in [7, 11) is 0. The molecule has 0 saturated carbocycles. The van der Waals surface area contributed by atoms with Gasteiger partial charge in [-0.1, -0.05) is 19.0 Å².